The van der Waals surface area contributed by atoms with Crippen molar-refractivity contribution in [1.29, 1.82) is 0 Å². The van der Waals surface area contributed by atoms with E-state index in [0.29, 0.717) is 17.8 Å². The van der Waals surface area contributed by atoms with E-state index < -0.39 is 0 Å². The molecule has 0 fully saturated rings. The van der Waals surface area contributed by atoms with E-state index in [9.17, 15) is 9.59 Å². The molecule has 2 rings (SSSR count). The predicted molar refractivity (Wildman–Crippen MR) is 92.7 cm³/mol. The Balaban J connectivity index is 1.89. The average Bonchev–Trinajstić information content (AvgIpc) is 2.50. The number of carbonyl (C=O) groups excluding carboxylic acids is 2. The van der Waals surface area contributed by atoms with Gasteiger partial charge in [0.2, 0.25) is 5.91 Å². The summed E-state index contributed by atoms with van der Waals surface area (Å²) < 4.78 is 0. The molecule has 0 radical (unpaired) electrons. The van der Waals surface area contributed by atoms with Gasteiger partial charge >= 0.3 is 0 Å². The number of benzene rings is 2. The zero-order chi connectivity index (χ0) is 16.8. The number of carbonyl (C=O) groups is 2. The van der Waals surface area contributed by atoms with Crippen LogP contribution in [0.2, 0.25) is 0 Å². The Morgan fingerprint density at radius 2 is 1.70 bits per heavy atom. The lowest BCUT2D eigenvalue weighted by Crippen LogP contribution is -2.25. The maximum absolute atomic E-state index is 12.1. The van der Waals surface area contributed by atoms with Crippen LogP contribution in [0.25, 0.3) is 0 Å². The molecular formula is C19H22N2O2. The van der Waals surface area contributed by atoms with Crippen molar-refractivity contribution < 1.29 is 9.59 Å². The Bertz CT molecular complexity index is 706. The Kier molecular flexibility index (Phi) is 5.52. The zero-order valence-corrected chi connectivity index (χ0v) is 13.8. The molecule has 2 aromatic carbocycles. The van der Waals surface area contributed by atoms with E-state index in [0.717, 1.165) is 6.42 Å². The molecule has 0 aliphatic heterocycles. The van der Waals surface area contributed by atoms with Crippen molar-refractivity contribution in [1.82, 2.24) is 5.32 Å². The van der Waals surface area contributed by atoms with Gasteiger partial charge in [0, 0.05) is 24.7 Å². The summed E-state index contributed by atoms with van der Waals surface area (Å²) in [4.78, 5) is 23.1. The number of nitrogens with one attached hydrogen (secondary N) is 2. The highest BCUT2D eigenvalue weighted by atomic mass is 16.2. The number of hydrogen-bond donors (Lipinski definition) is 2. The van der Waals surface area contributed by atoms with Crippen molar-refractivity contribution in [3.05, 3.63) is 64.7 Å². The fourth-order valence-electron chi connectivity index (χ4n) is 2.39. The summed E-state index contributed by atoms with van der Waals surface area (Å²) in [5.41, 5.74) is 4.99. The molecule has 0 unspecified atom stereocenters. The third-order valence-corrected chi connectivity index (χ3v) is 3.65. The van der Waals surface area contributed by atoms with Crippen molar-refractivity contribution in [3.8, 4) is 0 Å². The molecule has 4 nitrogen and oxygen atoms in total. The Morgan fingerprint density at radius 1 is 1.00 bits per heavy atom. The van der Waals surface area contributed by atoms with Crippen LogP contribution in [0.3, 0.4) is 0 Å². The second kappa shape index (κ2) is 7.58. The van der Waals surface area contributed by atoms with Crippen molar-refractivity contribution in [2.24, 2.45) is 0 Å². The minimum absolute atomic E-state index is 0.107. The number of anilines is 1. The summed E-state index contributed by atoms with van der Waals surface area (Å²) in [6.45, 7) is 6.19. The molecule has 0 aromatic heterocycles. The van der Waals surface area contributed by atoms with E-state index in [-0.39, 0.29) is 11.8 Å². The summed E-state index contributed by atoms with van der Waals surface area (Å²) in [6, 6.07) is 13.2. The van der Waals surface area contributed by atoms with Gasteiger partial charge in [-0.25, -0.2) is 0 Å². The molecule has 4 heteroatoms. The maximum Gasteiger partial charge on any atom is 0.251 e. The van der Waals surface area contributed by atoms with Crippen LogP contribution >= 0.6 is 0 Å². The number of hydrogen-bond acceptors (Lipinski definition) is 2. The van der Waals surface area contributed by atoms with Gasteiger partial charge in [-0.1, -0.05) is 23.8 Å². The van der Waals surface area contributed by atoms with Gasteiger partial charge in [0.05, 0.1) is 0 Å². The normalized spacial score (nSPS) is 10.2. The van der Waals surface area contributed by atoms with Gasteiger partial charge in [-0.2, -0.15) is 0 Å². The van der Waals surface area contributed by atoms with Gasteiger partial charge in [0.15, 0.2) is 0 Å². The number of rotatable bonds is 5. The first-order valence-corrected chi connectivity index (χ1v) is 7.67. The molecule has 0 aliphatic carbocycles. The maximum atomic E-state index is 12.1. The zero-order valence-electron chi connectivity index (χ0n) is 13.8. The molecule has 0 saturated heterocycles. The molecule has 0 saturated carbocycles. The van der Waals surface area contributed by atoms with Crippen molar-refractivity contribution in [2.75, 3.05) is 11.9 Å². The standard InChI is InChI=1S/C19H22N2O2/c1-13-4-5-14(2)17(12-13)10-11-20-19(23)16-6-8-18(9-7-16)21-15(3)22/h4-9,12H,10-11H2,1-3H3,(H,20,23)(H,21,22). The van der Waals surface area contributed by atoms with Gasteiger partial charge in [-0.15, -0.1) is 0 Å². The summed E-state index contributed by atoms with van der Waals surface area (Å²) in [5.74, 6) is -0.236. The Labute approximate surface area is 136 Å². The van der Waals surface area contributed by atoms with Gasteiger partial charge in [0.1, 0.15) is 0 Å². The van der Waals surface area contributed by atoms with Crippen LogP contribution in [0.5, 0.6) is 0 Å². The van der Waals surface area contributed by atoms with Crippen LogP contribution in [0.1, 0.15) is 34.0 Å². The van der Waals surface area contributed by atoms with E-state index in [1.165, 1.54) is 23.6 Å². The molecule has 0 bridgehead atoms. The van der Waals surface area contributed by atoms with Crippen LogP contribution in [-0.2, 0) is 11.2 Å². The topological polar surface area (TPSA) is 58.2 Å². The van der Waals surface area contributed by atoms with Crippen LogP contribution < -0.4 is 10.6 Å². The summed E-state index contributed by atoms with van der Waals surface area (Å²) >= 11 is 0. The third kappa shape index (κ3) is 4.95. The van der Waals surface area contributed by atoms with Crippen molar-refractivity contribution in [3.63, 3.8) is 0 Å². The second-order valence-corrected chi connectivity index (χ2v) is 5.69. The van der Waals surface area contributed by atoms with Crippen LogP contribution in [0.4, 0.5) is 5.69 Å². The second-order valence-electron chi connectivity index (χ2n) is 5.69. The lowest BCUT2D eigenvalue weighted by molar-refractivity contribution is -0.114. The van der Waals surface area contributed by atoms with Gasteiger partial charge in [-0.3, -0.25) is 9.59 Å². The molecule has 120 valence electrons. The minimum atomic E-state index is -0.129. The predicted octanol–water partition coefficient (Wildman–Crippen LogP) is 3.23. The first-order chi connectivity index (χ1) is 11.0. The smallest absolute Gasteiger partial charge is 0.251 e. The van der Waals surface area contributed by atoms with Gasteiger partial charge in [0.25, 0.3) is 5.91 Å². The van der Waals surface area contributed by atoms with Gasteiger partial charge in [-0.05, 0) is 55.7 Å². The lowest BCUT2D eigenvalue weighted by atomic mass is 10.0. The number of amides is 2. The monoisotopic (exact) mass is 310 g/mol. The summed E-state index contributed by atoms with van der Waals surface area (Å²) in [7, 11) is 0. The highest BCUT2D eigenvalue weighted by molar-refractivity contribution is 5.95. The fourth-order valence-corrected chi connectivity index (χ4v) is 2.39. The van der Waals surface area contributed by atoms with E-state index in [1.807, 2.05) is 0 Å². The molecule has 2 aromatic rings. The van der Waals surface area contributed by atoms with E-state index in [4.69, 9.17) is 0 Å². The summed E-state index contributed by atoms with van der Waals surface area (Å²) in [5, 5.41) is 5.60. The molecule has 23 heavy (non-hydrogen) atoms. The molecule has 0 atom stereocenters. The SMILES string of the molecule is CC(=O)Nc1ccc(C(=O)NCCc2cc(C)ccc2C)cc1. The largest absolute Gasteiger partial charge is 0.352 e. The molecular weight excluding hydrogens is 288 g/mol. The van der Waals surface area contributed by atoms with Crippen molar-refractivity contribution in [2.45, 2.75) is 27.2 Å². The van der Waals surface area contributed by atoms with Crippen LogP contribution in [-0.4, -0.2) is 18.4 Å². The summed E-state index contributed by atoms with van der Waals surface area (Å²) in [6.07, 6.45) is 0.809. The van der Waals surface area contributed by atoms with Crippen LogP contribution in [0.15, 0.2) is 42.5 Å². The quantitative estimate of drug-likeness (QED) is 0.891. The molecule has 0 aliphatic rings. The minimum Gasteiger partial charge on any atom is -0.352 e. The first kappa shape index (κ1) is 16.7. The first-order valence-electron chi connectivity index (χ1n) is 7.67. The Hall–Kier alpha value is -2.62. The van der Waals surface area contributed by atoms with E-state index in [2.05, 4.69) is 42.7 Å². The fraction of sp³-hybridized carbons (Fsp3) is 0.263. The van der Waals surface area contributed by atoms with Gasteiger partial charge < -0.3 is 10.6 Å². The van der Waals surface area contributed by atoms with E-state index >= 15 is 0 Å². The number of aryl methyl sites for hydroxylation is 2. The van der Waals surface area contributed by atoms with Crippen molar-refractivity contribution >= 4 is 17.5 Å². The lowest BCUT2D eigenvalue weighted by Gasteiger charge is -2.09. The average molecular weight is 310 g/mol. The molecule has 2 amide bonds. The Morgan fingerprint density at radius 3 is 2.35 bits per heavy atom. The molecule has 0 spiro atoms. The van der Waals surface area contributed by atoms with Crippen LogP contribution in [0, 0.1) is 13.8 Å². The van der Waals surface area contributed by atoms with E-state index in [1.54, 1.807) is 24.3 Å². The highest BCUT2D eigenvalue weighted by Crippen LogP contribution is 2.12. The highest BCUT2D eigenvalue weighted by Gasteiger charge is 2.06. The molecule has 2 N–H and O–H groups in total. The third-order valence-electron chi connectivity index (χ3n) is 3.65. The molecule has 0 heterocycles.